The van der Waals surface area contributed by atoms with E-state index in [1.54, 1.807) is 61.7 Å². The van der Waals surface area contributed by atoms with E-state index in [1.807, 2.05) is 6.26 Å². The molecule has 206 valence electrons. The van der Waals surface area contributed by atoms with Gasteiger partial charge in [-0.3, -0.25) is 9.59 Å². The predicted molar refractivity (Wildman–Crippen MR) is 146 cm³/mol. The average Bonchev–Trinajstić information content (AvgIpc) is 3.55. The lowest BCUT2D eigenvalue weighted by Gasteiger charge is -2.36. The second kappa shape index (κ2) is 12.9. The van der Waals surface area contributed by atoms with Gasteiger partial charge in [0.05, 0.1) is 0 Å². The minimum Gasteiger partial charge on any atom is -0.508 e. The first kappa shape index (κ1) is 29.1. The van der Waals surface area contributed by atoms with Crippen molar-refractivity contribution in [1.29, 1.82) is 0 Å². The van der Waals surface area contributed by atoms with Crippen LogP contribution in [0.4, 0.5) is 4.79 Å². The summed E-state index contributed by atoms with van der Waals surface area (Å²) in [5.41, 5.74) is -0.0597. The number of hydrogen-bond acceptors (Lipinski definition) is 6. The molecule has 0 spiro atoms. The number of carbonyl (C=O) groups is 3. The Kier molecular flexibility index (Phi) is 10.2. The topological polar surface area (TPSA) is 108 Å². The number of rotatable bonds is 10. The van der Waals surface area contributed by atoms with Gasteiger partial charge >= 0.3 is 6.09 Å². The molecule has 0 aromatic heterocycles. The van der Waals surface area contributed by atoms with Crippen molar-refractivity contribution in [2.45, 2.75) is 102 Å². The molecule has 3 amide bonds. The fraction of sp³-hybridized carbons (Fsp3) is 0.679. The highest BCUT2D eigenvalue weighted by atomic mass is 32.2. The number of amides is 3. The van der Waals surface area contributed by atoms with Gasteiger partial charge in [-0.1, -0.05) is 38.3 Å². The van der Waals surface area contributed by atoms with Gasteiger partial charge in [0.15, 0.2) is 0 Å². The fourth-order valence-corrected chi connectivity index (χ4v) is 5.39. The Hall–Kier alpha value is -2.42. The highest BCUT2D eigenvalue weighted by Gasteiger charge is 2.48. The molecule has 2 fully saturated rings. The number of ether oxygens (including phenoxy) is 1. The number of phenols is 1. The van der Waals surface area contributed by atoms with Gasteiger partial charge in [0, 0.05) is 12.1 Å². The molecule has 3 N–H and O–H groups in total. The maximum Gasteiger partial charge on any atom is 0.408 e. The molecular formula is C28H43N3O5S. The maximum absolute atomic E-state index is 14.2. The van der Waals surface area contributed by atoms with E-state index in [0.717, 1.165) is 32.1 Å². The van der Waals surface area contributed by atoms with Crippen LogP contribution in [-0.2, 0) is 14.3 Å². The first-order valence-corrected chi connectivity index (χ1v) is 14.8. The second-order valence-corrected chi connectivity index (χ2v) is 12.3. The monoisotopic (exact) mass is 533 g/mol. The predicted octanol–water partition coefficient (Wildman–Crippen LogP) is 4.77. The summed E-state index contributed by atoms with van der Waals surface area (Å²) >= 11 is 1.59. The van der Waals surface area contributed by atoms with E-state index in [2.05, 4.69) is 17.6 Å². The van der Waals surface area contributed by atoms with Crippen molar-refractivity contribution in [2.24, 2.45) is 5.92 Å². The molecule has 0 radical (unpaired) electrons. The molecule has 0 saturated heterocycles. The number of alkyl carbamates (subject to hydrolysis) is 1. The van der Waals surface area contributed by atoms with Gasteiger partial charge < -0.3 is 25.4 Å². The molecule has 37 heavy (non-hydrogen) atoms. The summed E-state index contributed by atoms with van der Waals surface area (Å²) in [5.74, 6) is 0.501. The average molecular weight is 534 g/mol. The lowest BCUT2D eigenvalue weighted by Crippen LogP contribution is -2.55. The van der Waals surface area contributed by atoms with Gasteiger partial charge in [0.2, 0.25) is 11.8 Å². The zero-order chi connectivity index (χ0) is 27.2. The third kappa shape index (κ3) is 8.55. The van der Waals surface area contributed by atoms with E-state index >= 15 is 0 Å². The molecule has 8 nitrogen and oxygen atoms in total. The van der Waals surface area contributed by atoms with Crippen LogP contribution < -0.4 is 10.6 Å². The summed E-state index contributed by atoms with van der Waals surface area (Å²) in [6.45, 7) is 7.40. The quantitative estimate of drug-likeness (QED) is 0.400. The van der Waals surface area contributed by atoms with E-state index in [-0.39, 0.29) is 35.6 Å². The molecule has 0 bridgehead atoms. The van der Waals surface area contributed by atoms with Crippen LogP contribution >= 0.6 is 11.8 Å². The number of nitrogens with one attached hydrogen (secondary N) is 2. The summed E-state index contributed by atoms with van der Waals surface area (Å²) in [7, 11) is 0. The van der Waals surface area contributed by atoms with E-state index < -0.39 is 23.8 Å². The number of thioether (sulfide) groups is 1. The van der Waals surface area contributed by atoms with Crippen LogP contribution in [0.5, 0.6) is 5.75 Å². The van der Waals surface area contributed by atoms with Gasteiger partial charge in [-0.25, -0.2) is 4.79 Å². The standard InChI is InChI=1S/C28H43N3O5S/c1-18-17-23(18)31(26(34)22(15-16-37-5)30-27(35)36-28(2,3)4)24(19-11-13-21(32)14-12-19)25(33)29-20-9-7-6-8-10-20/h11-14,18,20,22-24,32H,6-10,15-17H2,1-5H3,(H,29,33)(H,30,35). The lowest BCUT2D eigenvalue weighted by molar-refractivity contribution is -0.143. The molecule has 1 aromatic carbocycles. The number of hydrogen-bond donors (Lipinski definition) is 3. The van der Waals surface area contributed by atoms with Gasteiger partial charge in [0.25, 0.3) is 0 Å². The molecule has 0 heterocycles. The molecule has 0 aliphatic heterocycles. The van der Waals surface area contributed by atoms with Crippen LogP contribution in [0.2, 0.25) is 0 Å². The van der Waals surface area contributed by atoms with Crippen LogP contribution in [-0.4, -0.2) is 63.6 Å². The minimum absolute atomic E-state index is 0.0848. The van der Waals surface area contributed by atoms with E-state index in [1.165, 1.54) is 6.42 Å². The Morgan fingerprint density at radius 1 is 1.14 bits per heavy atom. The second-order valence-electron chi connectivity index (χ2n) is 11.3. The third-order valence-electron chi connectivity index (χ3n) is 6.97. The number of aromatic hydroxyl groups is 1. The van der Waals surface area contributed by atoms with Gasteiger partial charge in [0.1, 0.15) is 23.4 Å². The molecule has 2 aliphatic rings. The zero-order valence-electron chi connectivity index (χ0n) is 22.8. The smallest absolute Gasteiger partial charge is 0.408 e. The summed E-state index contributed by atoms with van der Waals surface area (Å²) < 4.78 is 5.45. The van der Waals surface area contributed by atoms with E-state index in [0.29, 0.717) is 17.7 Å². The van der Waals surface area contributed by atoms with Crippen LogP contribution in [0.1, 0.15) is 84.2 Å². The van der Waals surface area contributed by atoms with Gasteiger partial charge in [-0.2, -0.15) is 11.8 Å². The Morgan fingerprint density at radius 3 is 2.30 bits per heavy atom. The minimum atomic E-state index is -0.859. The highest BCUT2D eigenvalue weighted by Crippen LogP contribution is 2.41. The molecule has 4 unspecified atom stereocenters. The summed E-state index contributed by atoms with van der Waals surface area (Å²) in [6, 6.07) is 4.78. The zero-order valence-corrected chi connectivity index (χ0v) is 23.6. The summed E-state index contributed by atoms with van der Waals surface area (Å²) in [4.78, 5) is 42.4. The molecule has 2 aliphatic carbocycles. The van der Waals surface area contributed by atoms with Crippen LogP contribution in [0, 0.1) is 5.92 Å². The molecule has 1 aromatic rings. The third-order valence-corrected chi connectivity index (χ3v) is 7.61. The summed E-state index contributed by atoms with van der Waals surface area (Å²) in [5, 5.41) is 15.9. The Bertz CT molecular complexity index is 927. The lowest BCUT2D eigenvalue weighted by atomic mass is 9.94. The molecular weight excluding hydrogens is 490 g/mol. The van der Waals surface area contributed by atoms with Gasteiger partial charge in [-0.15, -0.1) is 0 Å². The normalized spacial score (nSPS) is 21.4. The van der Waals surface area contributed by atoms with Crippen molar-refractivity contribution in [2.75, 3.05) is 12.0 Å². The molecule has 9 heteroatoms. The highest BCUT2D eigenvalue weighted by molar-refractivity contribution is 7.98. The number of carbonyl (C=O) groups excluding carboxylic acids is 3. The summed E-state index contributed by atoms with van der Waals surface area (Å²) in [6.07, 6.45) is 7.70. The number of benzene rings is 1. The molecule has 4 atom stereocenters. The molecule has 2 saturated carbocycles. The first-order chi connectivity index (χ1) is 17.5. The Labute approximate surface area is 225 Å². The van der Waals surface area contributed by atoms with Crippen molar-refractivity contribution in [3.05, 3.63) is 29.8 Å². The van der Waals surface area contributed by atoms with Crippen LogP contribution in [0.25, 0.3) is 0 Å². The van der Waals surface area contributed by atoms with Crippen LogP contribution in [0.15, 0.2) is 24.3 Å². The number of nitrogens with zero attached hydrogens (tertiary/aromatic N) is 1. The molecule has 3 rings (SSSR count). The first-order valence-electron chi connectivity index (χ1n) is 13.4. The van der Waals surface area contributed by atoms with Crippen LogP contribution in [0.3, 0.4) is 0 Å². The van der Waals surface area contributed by atoms with E-state index in [9.17, 15) is 19.5 Å². The van der Waals surface area contributed by atoms with Crippen molar-refractivity contribution < 1.29 is 24.2 Å². The SMILES string of the molecule is CSCCC(NC(=O)OC(C)(C)C)C(=O)N(C(C(=O)NC1CCCCC1)c1ccc(O)cc1)C1CC1C. The van der Waals surface area contributed by atoms with Crippen molar-refractivity contribution in [1.82, 2.24) is 15.5 Å². The Balaban J connectivity index is 1.94. The Morgan fingerprint density at radius 2 is 1.76 bits per heavy atom. The van der Waals surface area contributed by atoms with Crippen molar-refractivity contribution >= 4 is 29.7 Å². The van der Waals surface area contributed by atoms with E-state index in [4.69, 9.17) is 4.74 Å². The maximum atomic E-state index is 14.2. The van der Waals surface area contributed by atoms with Crippen molar-refractivity contribution in [3.8, 4) is 5.75 Å². The number of phenolic OH excluding ortho intramolecular Hbond substituents is 1. The van der Waals surface area contributed by atoms with Gasteiger partial charge in [-0.05, 0) is 82.1 Å². The fourth-order valence-electron chi connectivity index (χ4n) is 4.92. The largest absolute Gasteiger partial charge is 0.508 e. The van der Waals surface area contributed by atoms with Crippen molar-refractivity contribution in [3.63, 3.8) is 0 Å².